The van der Waals surface area contributed by atoms with Crippen molar-refractivity contribution in [2.45, 2.75) is 37.3 Å². The predicted molar refractivity (Wildman–Crippen MR) is 110 cm³/mol. The van der Waals surface area contributed by atoms with Crippen LogP contribution in [0.15, 0.2) is 59.5 Å². The largest absolute Gasteiger partial charge is 0.449 e. The molecule has 0 aliphatic rings. The number of carbonyl (C=O) groups excluding carboxylic acids is 2. The van der Waals surface area contributed by atoms with Crippen LogP contribution < -0.4 is 10.0 Å². The van der Waals surface area contributed by atoms with Crippen molar-refractivity contribution >= 4 is 21.9 Å². The summed E-state index contributed by atoms with van der Waals surface area (Å²) in [5.41, 5.74) is 1.03. The van der Waals surface area contributed by atoms with E-state index in [1.807, 2.05) is 43.3 Å². The fraction of sp³-hybridized carbons (Fsp3) is 0.286. The normalized spacial score (nSPS) is 13.0. The zero-order valence-corrected chi connectivity index (χ0v) is 17.5. The number of benzene rings is 2. The molecule has 0 bridgehead atoms. The van der Waals surface area contributed by atoms with Crippen molar-refractivity contribution in [1.82, 2.24) is 10.0 Å². The minimum Gasteiger partial charge on any atom is -0.449 e. The number of nitriles is 1. The molecule has 2 N–H and O–H groups in total. The van der Waals surface area contributed by atoms with Crippen molar-refractivity contribution in [1.29, 1.82) is 5.26 Å². The van der Waals surface area contributed by atoms with Crippen molar-refractivity contribution in [3.63, 3.8) is 0 Å². The van der Waals surface area contributed by atoms with Crippen molar-refractivity contribution in [3.8, 4) is 6.07 Å². The van der Waals surface area contributed by atoms with Crippen LogP contribution in [-0.4, -0.2) is 32.9 Å². The summed E-state index contributed by atoms with van der Waals surface area (Å²) in [6.07, 6.45) is -0.980. The molecule has 9 heteroatoms. The Hall–Kier alpha value is -3.22. The molecule has 0 radical (unpaired) electrons. The molecule has 0 fully saturated rings. The maximum absolute atomic E-state index is 12.3. The van der Waals surface area contributed by atoms with Crippen LogP contribution in [0.5, 0.6) is 0 Å². The van der Waals surface area contributed by atoms with Gasteiger partial charge < -0.3 is 10.1 Å². The van der Waals surface area contributed by atoms with E-state index >= 15 is 0 Å². The average Bonchev–Trinajstić information content (AvgIpc) is 2.74. The average molecular weight is 429 g/mol. The number of amides is 1. The highest BCUT2D eigenvalue weighted by atomic mass is 32.2. The van der Waals surface area contributed by atoms with Gasteiger partial charge in [0.15, 0.2) is 6.10 Å². The fourth-order valence-electron chi connectivity index (χ4n) is 2.53. The van der Waals surface area contributed by atoms with Crippen LogP contribution in [0.2, 0.25) is 0 Å². The highest BCUT2D eigenvalue weighted by Gasteiger charge is 2.21. The van der Waals surface area contributed by atoms with Crippen molar-refractivity contribution in [2.24, 2.45) is 0 Å². The smallest absolute Gasteiger partial charge is 0.338 e. The molecule has 1 amide bonds. The second-order valence-electron chi connectivity index (χ2n) is 6.52. The third kappa shape index (κ3) is 6.40. The Morgan fingerprint density at radius 1 is 1.07 bits per heavy atom. The Kier molecular flexibility index (Phi) is 8.09. The SMILES string of the molecule is C[C@@H](OC(=O)c1ccc(S(=O)(=O)NCCC#N)cc1)C(=O)N[C@H](C)c1ccccc1. The van der Waals surface area contributed by atoms with E-state index in [0.717, 1.165) is 5.56 Å². The molecule has 2 aromatic carbocycles. The second kappa shape index (κ2) is 10.5. The molecule has 2 aromatic rings. The molecular weight excluding hydrogens is 406 g/mol. The van der Waals surface area contributed by atoms with Gasteiger partial charge in [-0.15, -0.1) is 0 Å². The molecule has 0 saturated heterocycles. The molecule has 0 aromatic heterocycles. The van der Waals surface area contributed by atoms with E-state index in [4.69, 9.17) is 10.00 Å². The van der Waals surface area contributed by atoms with Crippen LogP contribution in [0, 0.1) is 11.3 Å². The van der Waals surface area contributed by atoms with Gasteiger partial charge in [0.1, 0.15) is 0 Å². The lowest BCUT2D eigenvalue weighted by Gasteiger charge is -2.18. The molecule has 30 heavy (non-hydrogen) atoms. The summed E-state index contributed by atoms with van der Waals surface area (Å²) >= 11 is 0. The fourth-order valence-corrected chi connectivity index (χ4v) is 3.56. The van der Waals surface area contributed by atoms with Crippen LogP contribution in [-0.2, 0) is 19.6 Å². The lowest BCUT2D eigenvalue weighted by atomic mass is 10.1. The number of nitrogens with one attached hydrogen (secondary N) is 2. The molecule has 0 heterocycles. The van der Waals surface area contributed by atoms with Crippen molar-refractivity contribution in [2.75, 3.05) is 6.54 Å². The maximum atomic E-state index is 12.3. The van der Waals surface area contributed by atoms with Crippen molar-refractivity contribution in [3.05, 3.63) is 65.7 Å². The topological polar surface area (TPSA) is 125 Å². The van der Waals surface area contributed by atoms with E-state index in [1.165, 1.54) is 31.2 Å². The van der Waals surface area contributed by atoms with Crippen LogP contribution >= 0.6 is 0 Å². The van der Waals surface area contributed by atoms with Gasteiger partial charge in [-0.1, -0.05) is 30.3 Å². The zero-order chi connectivity index (χ0) is 22.1. The summed E-state index contributed by atoms with van der Waals surface area (Å²) in [5.74, 6) is -1.19. The number of rotatable bonds is 9. The third-order valence-corrected chi connectivity index (χ3v) is 5.72. The minimum absolute atomic E-state index is 0.00332. The lowest BCUT2D eigenvalue weighted by Crippen LogP contribution is -2.37. The number of hydrogen-bond donors (Lipinski definition) is 2. The molecule has 2 atom stereocenters. The van der Waals surface area contributed by atoms with Gasteiger partial charge in [-0.05, 0) is 43.7 Å². The highest BCUT2D eigenvalue weighted by molar-refractivity contribution is 7.89. The van der Waals surface area contributed by atoms with Gasteiger partial charge in [0.2, 0.25) is 10.0 Å². The Balaban J connectivity index is 1.95. The molecular formula is C21H23N3O5S. The van der Waals surface area contributed by atoms with E-state index in [1.54, 1.807) is 0 Å². The Morgan fingerprint density at radius 2 is 1.70 bits per heavy atom. The summed E-state index contributed by atoms with van der Waals surface area (Å²) in [5, 5.41) is 11.3. The van der Waals surface area contributed by atoms with Gasteiger partial charge in [0.05, 0.1) is 22.6 Å². The molecule has 0 spiro atoms. The summed E-state index contributed by atoms with van der Waals surface area (Å²) in [7, 11) is -3.77. The maximum Gasteiger partial charge on any atom is 0.338 e. The third-order valence-electron chi connectivity index (χ3n) is 4.24. The van der Waals surface area contributed by atoms with Gasteiger partial charge in [0, 0.05) is 13.0 Å². The Labute approximate surface area is 175 Å². The van der Waals surface area contributed by atoms with Crippen LogP contribution in [0.4, 0.5) is 0 Å². The van der Waals surface area contributed by atoms with Gasteiger partial charge in [-0.2, -0.15) is 5.26 Å². The second-order valence-corrected chi connectivity index (χ2v) is 8.29. The van der Waals surface area contributed by atoms with E-state index in [0.29, 0.717) is 0 Å². The number of nitrogens with zero attached hydrogens (tertiary/aromatic N) is 1. The lowest BCUT2D eigenvalue weighted by molar-refractivity contribution is -0.129. The van der Waals surface area contributed by atoms with E-state index in [-0.39, 0.29) is 29.5 Å². The molecule has 158 valence electrons. The number of carbonyl (C=O) groups is 2. The molecule has 8 nitrogen and oxygen atoms in total. The van der Waals surface area contributed by atoms with Gasteiger partial charge in [0.25, 0.3) is 5.91 Å². The van der Waals surface area contributed by atoms with Gasteiger partial charge in [-0.3, -0.25) is 4.79 Å². The van der Waals surface area contributed by atoms with E-state index in [2.05, 4.69) is 10.0 Å². The summed E-state index contributed by atoms with van der Waals surface area (Å²) in [6, 6.07) is 16.1. The standard InChI is InChI=1S/C21H23N3O5S/c1-15(17-7-4-3-5-8-17)24-20(25)16(2)29-21(26)18-9-11-19(12-10-18)30(27,28)23-14-6-13-22/h3-5,7-12,15-16,23H,6,14H2,1-2H3,(H,24,25)/t15-,16-/m1/s1. The molecule has 2 rings (SSSR count). The van der Waals surface area contributed by atoms with Crippen LogP contribution in [0.25, 0.3) is 0 Å². The van der Waals surface area contributed by atoms with E-state index < -0.39 is 28.0 Å². The monoisotopic (exact) mass is 429 g/mol. The number of ether oxygens (including phenoxy) is 1. The summed E-state index contributed by atoms with van der Waals surface area (Å²) in [6.45, 7) is 3.28. The zero-order valence-electron chi connectivity index (χ0n) is 16.7. The van der Waals surface area contributed by atoms with E-state index in [9.17, 15) is 18.0 Å². The molecule has 0 unspecified atom stereocenters. The number of sulfonamides is 1. The molecule has 0 saturated carbocycles. The number of esters is 1. The molecule has 0 aliphatic carbocycles. The van der Waals surface area contributed by atoms with Crippen LogP contribution in [0.3, 0.4) is 0 Å². The highest BCUT2D eigenvalue weighted by Crippen LogP contribution is 2.14. The quantitative estimate of drug-likeness (QED) is 0.465. The first-order valence-electron chi connectivity index (χ1n) is 9.27. The molecule has 0 aliphatic heterocycles. The Bertz CT molecular complexity index is 1010. The Morgan fingerprint density at radius 3 is 2.30 bits per heavy atom. The summed E-state index contributed by atoms with van der Waals surface area (Å²) in [4.78, 5) is 24.5. The first kappa shape index (κ1) is 23.1. The van der Waals surface area contributed by atoms with Gasteiger partial charge >= 0.3 is 5.97 Å². The van der Waals surface area contributed by atoms with Crippen LogP contribution in [0.1, 0.15) is 42.2 Å². The first-order valence-corrected chi connectivity index (χ1v) is 10.8. The first-order chi connectivity index (χ1) is 14.2. The minimum atomic E-state index is -3.77. The van der Waals surface area contributed by atoms with Crippen molar-refractivity contribution < 1.29 is 22.7 Å². The number of hydrogen-bond acceptors (Lipinski definition) is 6. The predicted octanol–water partition coefficient (Wildman–Crippen LogP) is 2.30. The summed E-state index contributed by atoms with van der Waals surface area (Å²) < 4.78 is 31.6. The van der Waals surface area contributed by atoms with Gasteiger partial charge in [-0.25, -0.2) is 17.9 Å².